The first kappa shape index (κ1) is 19.6. The van der Waals surface area contributed by atoms with Crippen molar-refractivity contribution in [2.45, 2.75) is 4.90 Å². The summed E-state index contributed by atoms with van der Waals surface area (Å²) >= 11 is 6.05. The highest BCUT2D eigenvalue weighted by atomic mass is 35.5. The lowest BCUT2D eigenvalue weighted by molar-refractivity contribution is 0.0687. The van der Waals surface area contributed by atoms with Crippen LogP contribution in [0.25, 0.3) is 11.3 Å². The number of benzene rings is 2. The molecule has 0 radical (unpaired) electrons. The van der Waals surface area contributed by atoms with Gasteiger partial charge in [0, 0.05) is 37.8 Å². The van der Waals surface area contributed by atoms with Gasteiger partial charge >= 0.3 is 0 Å². The second kappa shape index (κ2) is 7.98. The molecule has 150 valence electrons. The molecule has 9 heteroatoms. The van der Waals surface area contributed by atoms with Gasteiger partial charge in [-0.2, -0.15) is 4.31 Å². The standard InChI is InChI=1S/C20H18ClN3O4S/c21-16-8-4-5-9-19(16)29(26,27)24-12-10-23(11-13-24)20(25)17-14-18(28-22-17)15-6-2-1-3-7-15/h1-9,14H,10-13H2. The summed E-state index contributed by atoms with van der Waals surface area (Å²) in [6.45, 7) is 0.886. The Morgan fingerprint density at radius 2 is 1.62 bits per heavy atom. The maximum absolute atomic E-state index is 12.8. The maximum Gasteiger partial charge on any atom is 0.276 e. The molecule has 0 saturated carbocycles. The fourth-order valence-corrected chi connectivity index (χ4v) is 5.12. The van der Waals surface area contributed by atoms with Crippen molar-refractivity contribution in [2.75, 3.05) is 26.2 Å². The van der Waals surface area contributed by atoms with Gasteiger partial charge in [0.05, 0.1) is 5.02 Å². The predicted octanol–water partition coefficient (Wildman–Crippen LogP) is 3.14. The zero-order valence-corrected chi connectivity index (χ0v) is 16.9. The Kier molecular flexibility index (Phi) is 5.40. The number of rotatable bonds is 4. The Bertz CT molecular complexity index is 1120. The summed E-state index contributed by atoms with van der Waals surface area (Å²) in [5.74, 6) is 0.222. The number of aromatic nitrogens is 1. The topological polar surface area (TPSA) is 83.7 Å². The minimum Gasteiger partial charge on any atom is -0.355 e. The van der Waals surface area contributed by atoms with Crippen LogP contribution in [0.15, 0.2) is 70.1 Å². The van der Waals surface area contributed by atoms with Crippen LogP contribution in [0.5, 0.6) is 0 Å². The molecule has 2 heterocycles. The monoisotopic (exact) mass is 431 g/mol. The molecular formula is C20H18ClN3O4S. The molecule has 29 heavy (non-hydrogen) atoms. The first-order valence-electron chi connectivity index (χ1n) is 9.03. The molecule has 0 spiro atoms. The molecule has 1 aliphatic heterocycles. The van der Waals surface area contributed by atoms with E-state index in [1.165, 1.54) is 10.4 Å². The van der Waals surface area contributed by atoms with Gasteiger partial charge in [-0.05, 0) is 12.1 Å². The molecule has 1 fully saturated rings. The van der Waals surface area contributed by atoms with Crippen LogP contribution in [0.2, 0.25) is 5.02 Å². The average molecular weight is 432 g/mol. The summed E-state index contributed by atoms with van der Waals surface area (Å²) in [7, 11) is -3.71. The van der Waals surface area contributed by atoms with Crippen LogP contribution < -0.4 is 0 Å². The largest absolute Gasteiger partial charge is 0.355 e. The Labute approximate surface area is 173 Å². The highest BCUT2D eigenvalue weighted by Gasteiger charge is 2.32. The smallest absolute Gasteiger partial charge is 0.276 e. The predicted molar refractivity (Wildman–Crippen MR) is 108 cm³/mol. The second-order valence-electron chi connectivity index (χ2n) is 6.57. The molecular weight excluding hydrogens is 414 g/mol. The van der Waals surface area contributed by atoms with Gasteiger partial charge in [-0.1, -0.05) is 59.2 Å². The van der Waals surface area contributed by atoms with Crippen LogP contribution in [0.1, 0.15) is 10.5 Å². The molecule has 0 unspecified atom stereocenters. The lowest BCUT2D eigenvalue weighted by Gasteiger charge is -2.33. The normalized spacial score (nSPS) is 15.4. The van der Waals surface area contributed by atoms with E-state index in [2.05, 4.69) is 5.16 Å². The van der Waals surface area contributed by atoms with Gasteiger partial charge in [-0.3, -0.25) is 4.79 Å². The number of amides is 1. The average Bonchev–Trinajstić information content (AvgIpc) is 3.24. The van der Waals surface area contributed by atoms with Crippen molar-refractivity contribution in [3.05, 3.63) is 71.4 Å². The number of hydrogen-bond donors (Lipinski definition) is 0. The van der Waals surface area contributed by atoms with Crippen molar-refractivity contribution >= 4 is 27.5 Å². The zero-order valence-electron chi connectivity index (χ0n) is 15.4. The molecule has 1 aromatic heterocycles. The van der Waals surface area contributed by atoms with Crippen LogP contribution >= 0.6 is 11.6 Å². The molecule has 3 aromatic rings. The third-order valence-electron chi connectivity index (χ3n) is 4.77. The minimum absolute atomic E-state index is 0.0745. The van der Waals surface area contributed by atoms with E-state index in [-0.39, 0.29) is 47.7 Å². The molecule has 4 rings (SSSR count). The lowest BCUT2D eigenvalue weighted by Crippen LogP contribution is -2.50. The van der Waals surface area contributed by atoms with Crippen LogP contribution in [-0.4, -0.2) is 54.9 Å². The Hall–Kier alpha value is -2.68. The van der Waals surface area contributed by atoms with E-state index < -0.39 is 10.0 Å². The summed E-state index contributed by atoms with van der Waals surface area (Å²) in [5.41, 5.74) is 1.03. The number of carbonyl (C=O) groups excluding carboxylic acids is 1. The van der Waals surface area contributed by atoms with E-state index in [1.807, 2.05) is 30.3 Å². The molecule has 2 aromatic carbocycles. The molecule has 7 nitrogen and oxygen atoms in total. The number of sulfonamides is 1. The Morgan fingerprint density at radius 1 is 0.966 bits per heavy atom. The SMILES string of the molecule is O=C(c1cc(-c2ccccc2)on1)N1CCN(S(=O)(=O)c2ccccc2Cl)CC1. The fraction of sp³-hybridized carbons (Fsp3) is 0.200. The number of piperazine rings is 1. The number of halogens is 1. The molecule has 0 atom stereocenters. The van der Waals surface area contributed by atoms with Gasteiger partial charge in [0.15, 0.2) is 11.5 Å². The van der Waals surface area contributed by atoms with E-state index in [4.69, 9.17) is 16.1 Å². The maximum atomic E-state index is 12.8. The Balaban J connectivity index is 1.44. The third kappa shape index (κ3) is 3.91. The quantitative estimate of drug-likeness (QED) is 0.633. The van der Waals surface area contributed by atoms with Crippen molar-refractivity contribution in [1.82, 2.24) is 14.4 Å². The molecule has 1 amide bonds. The van der Waals surface area contributed by atoms with Gasteiger partial charge in [0.25, 0.3) is 5.91 Å². The second-order valence-corrected chi connectivity index (χ2v) is 8.88. The zero-order chi connectivity index (χ0) is 20.4. The molecule has 0 bridgehead atoms. The van der Waals surface area contributed by atoms with Gasteiger partial charge in [-0.15, -0.1) is 0 Å². The van der Waals surface area contributed by atoms with Gasteiger partial charge < -0.3 is 9.42 Å². The van der Waals surface area contributed by atoms with Gasteiger partial charge in [-0.25, -0.2) is 8.42 Å². The van der Waals surface area contributed by atoms with Crippen LogP contribution in [-0.2, 0) is 10.0 Å². The number of hydrogen-bond acceptors (Lipinski definition) is 5. The third-order valence-corrected chi connectivity index (χ3v) is 7.17. The highest BCUT2D eigenvalue weighted by molar-refractivity contribution is 7.89. The number of nitrogens with zero attached hydrogens (tertiary/aromatic N) is 3. The van der Waals surface area contributed by atoms with E-state index in [9.17, 15) is 13.2 Å². The first-order valence-corrected chi connectivity index (χ1v) is 10.8. The van der Waals surface area contributed by atoms with Crippen molar-refractivity contribution in [2.24, 2.45) is 0 Å². The molecule has 1 aliphatic rings. The van der Waals surface area contributed by atoms with Crippen molar-refractivity contribution < 1.29 is 17.7 Å². The van der Waals surface area contributed by atoms with Crippen molar-refractivity contribution in [1.29, 1.82) is 0 Å². The summed E-state index contributed by atoms with van der Waals surface area (Å²) in [6, 6.07) is 17.3. The van der Waals surface area contributed by atoms with Crippen LogP contribution in [0, 0.1) is 0 Å². The number of carbonyl (C=O) groups is 1. The lowest BCUT2D eigenvalue weighted by atomic mass is 10.1. The molecule has 0 N–H and O–H groups in total. The van der Waals surface area contributed by atoms with Crippen molar-refractivity contribution in [3.63, 3.8) is 0 Å². The molecule has 1 saturated heterocycles. The van der Waals surface area contributed by atoms with E-state index in [0.717, 1.165) is 5.56 Å². The van der Waals surface area contributed by atoms with E-state index >= 15 is 0 Å². The Morgan fingerprint density at radius 3 is 2.31 bits per heavy atom. The van der Waals surface area contributed by atoms with E-state index in [1.54, 1.807) is 29.2 Å². The van der Waals surface area contributed by atoms with Crippen molar-refractivity contribution in [3.8, 4) is 11.3 Å². The minimum atomic E-state index is -3.71. The highest BCUT2D eigenvalue weighted by Crippen LogP contribution is 2.25. The summed E-state index contributed by atoms with van der Waals surface area (Å²) < 4.78 is 32.3. The summed E-state index contributed by atoms with van der Waals surface area (Å²) in [6.07, 6.45) is 0. The van der Waals surface area contributed by atoms with Gasteiger partial charge in [0.2, 0.25) is 10.0 Å². The van der Waals surface area contributed by atoms with Gasteiger partial charge in [0.1, 0.15) is 4.90 Å². The molecule has 0 aliphatic carbocycles. The summed E-state index contributed by atoms with van der Waals surface area (Å²) in [4.78, 5) is 14.4. The van der Waals surface area contributed by atoms with Crippen LogP contribution in [0.4, 0.5) is 0 Å². The van der Waals surface area contributed by atoms with E-state index in [0.29, 0.717) is 5.76 Å². The summed E-state index contributed by atoms with van der Waals surface area (Å²) in [5, 5.41) is 4.06. The van der Waals surface area contributed by atoms with Crippen LogP contribution in [0.3, 0.4) is 0 Å². The fourth-order valence-electron chi connectivity index (χ4n) is 3.20. The first-order chi connectivity index (χ1) is 14.0.